The molecule has 0 radical (unpaired) electrons. The minimum Gasteiger partial charge on any atom is -0.348 e. The predicted octanol–water partition coefficient (Wildman–Crippen LogP) is 0.480. The molecule has 0 amide bonds. The van der Waals surface area contributed by atoms with Crippen LogP contribution < -0.4 is 9.75 Å². The Hall–Kier alpha value is -1.02. The van der Waals surface area contributed by atoms with E-state index in [9.17, 15) is 0 Å². The van der Waals surface area contributed by atoms with Gasteiger partial charge in [0.25, 0.3) is 0 Å². The standard InChI is InChI=1S/C9H7NS/c1-3-10-5-7(1)8-2-4-11-9(8)6-10/h1-4,6H,5H2. The van der Waals surface area contributed by atoms with Crippen molar-refractivity contribution >= 4 is 23.1 Å². The van der Waals surface area contributed by atoms with Gasteiger partial charge in [-0.15, -0.1) is 11.3 Å². The molecule has 3 rings (SSSR count). The Kier molecular flexibility index (Phi) is 0.902. The fraction of sp³-hybridized carbons (Fsp3) is 0.111. The van der Waals surface area contributed by atoms with Crippen LogP contribution in [0.4, 0.5) is 0 Å². The summed E-state index contributed by atoms with van der Waals surface area (Å²) in [6, 6.07) is 2.21. The van der Waals surface area contributed by atoms with Crippen LogP contribution in [0.15, 0.2) is 23.7 Å². The van der Waals surface area contributed by atoms with Gasteiger partial charge in [0.15, 0.2) is 0 Å². The Bertz CT molecular complexity index is 438. The van der Waals surface area contributed by atoms with E-state index in [0.29, 0.717) is 0 Å². The normalized spacial score (nSPS) is 18.5. The molecule has 2 aliphatic rings. The summed E-state index contributed by atoms with van der Waals surface area (Å²) in [6.45, 7) is 1.07. The molecule has 0 saturated heterocycles. The van der Waals surface area contributed by atoms with Crippen LogP contribution in [0.2, 0.25) is 0 Å². The second-order valence-electron chi connectivity index (χ2n) is 2.84. The van der Waals surface area contributed by atoms with Gasteiger partial charge in [0.05, 0.1) is 4.53 Å². The van der Waals surface area contributed by atoms with Crippen LogP contribution >= 0.6 is 11.3 Å². The lowest BCUT2D eigenvalue weighted by Gasteiger charge is -2.10. The average molecular weight is 161 g/mol. The predicted molar refractivity (Wildman–Crippen MR) is 47.3 cm³/mol. The van der Waals surface area contributed by atoms with Crippen LogP contribution in [0.1, 0.15) is 0 Å². The van der Waals surface area contributed by atoms with E-state index in [1.165, 1.54) is 15.3 Å². The summed E-state index contributed by atoms with van der Waals surface area (Å²) >= 11 is 1.81. The third kappa shape index (κ3) is 0.648. The molecule has 11 heavy (non-hydrogen) atoms. The quantitative estimate of drug-likeness (QED) is 0.535. The third-order valence-corrected chi connectivity index (χ3v) is 3.00. The minimum atomic E-state index is 1.07. The summed E-state index contributed by atoms with van der Waals surface area (Å²) < 4.78 is 1.40. The Balaban J connectivity index is 2.59. The molecule has 54 valence electrons. The molecule has 0 atom stereocenters. The first-order valence-corrected chi connectivity index (χ1v) is 4.54. The molecule has 0 aromatic carbocycles. The smallest absolute Gasteiger partial charge is 0.0508 e. The molecule has 3 heterocycles. The maximum absolute atomic E-state index is 2.23. The maximum Gasteiger partial charge on any atom is 0.0508 e. The van der Waals surface area contributed by atoms with Gasteiger partial charge in [-0.1, -0.05) is 0 Å². The first-order chi connectivity index (χ1) is 5.43. The van der Waals surface area contributed by atoms with Crippen LogP contribution in [-0.2, 0) is 0 Å². The summed E-state index contributed by atoms with van der Waals surface area (Å²) in [4.78, 5) is 2.23. The number of hydrogen-bond donors (Lipinski definition) is 0. The number of rotatable bonds is 0. The summed E-state index contributed by atoms with van der Waals surface area (Å²) in [7, 11) is 0. The van der Waals surface area contributed by atoms with E-state index in [-0.39, 0.29) is 0 Å². The molecular weight excluding hydrogens is 154 g/mol. The molecule has 0 fully saturated rings. The second kappa shape index (κ2) is 1.77. The fourth-order valence-corrected chi connectivity index (χ4v) is 2.46. The largest absolute Gasteiger partial charge is 0.348 e. The lowest BCUT2D eigenvalue weighted by atomic mass is 10.2. The zero-order chi connectivity index (χ0) is 7.26. The van der Waals surface area contributed by atoms with Gasteiger partial charge in [0.2, 0.25) is 0 Å². The lowest BCUT2D eigenvalue weighted by Crippen LogP contribution is -2.29. The SMILES string of the molecule is C1=CN2C=c3sccc3=C1C2. The molecule has 0 unspecified atom stereocenters. The molecule has 2 bridgehead atoms. The summed E-state index contributed by atoms with van der Waals surface area (Å²) in [5, 5.41) is 3.59. The summed E-state index contributed by atoms with van der Waals surface area (Å²) in [5.74, 6) is 0. The van der Waals surface area contributed by atoms with Crippen molar-refractivity contribution in [3.8, 4) is 0 Å². The molecule has 0 spiro atoms. The maximum atomic E-state index is 2.23. The van der Waals surface area contributed by atoms with Gasteiger partial charge < -0.3 is 4.90 Å². The van der Waals surface area contributed by atoms with Crippen LogP contribution in [0, 0.1) is 0 Å². The fourth-order valence-electron chi connectivity index (χ4n) is 1.59. The monoisotopic (exact) mass is 161 g/mol. The Labute approximate surface area is 68.6 Å². The van der Waals surface area contributed by atoms with Crippen molar-refractivity contribution < 1.29 is 0 Å². The van der Waals surface area contributed by atoms with E-state index in [4.69, 9.17) is 0 Å². The van der Waals surface area contributed by atoms with E-state index in [0.717, 1.165) is 6.54 Å². The highest BCUT2D eigenvalue weighted by atomic mass is 32.1. The lowest BCUT2D eigenvalue weighted by molar-refractivity contribution is 0.640. The van der Waals surface area contributed by atoms with Crippen molar-refractivity contribution in [3.05, 3.63) is 33.5 Å². The van der Waals surface area contributed by atoms with Gasteiger partial charge in [0.1, 0.15) is 0 Å². The van der Waals surface area contributed by atoms with Gasteiger partial charge in [0, 0.05) is 18.9 Å². The zero-order valence-electron chi connectivity index (χ0n) is 5.95. The van der Waals surface area contributed by atoms with Crippen molar-refractivity contribution in [2.75, 3.05) is 6.54 Å². The highest BCUT2D eigenvalue weighted by Gasteiger charge is 2.12. The molecule has 1 nitrogen and oxygen atoms in total. The van der Waals surface area contributed by atoms with Crippen molar-refractivity contribution in [3.63, 3.8) is 0 Å². The first-order valence-electron chi connectivity index (χ1n) is 3.66. The van der Waals surface area contributed by atoms with Crippen molar-refractivity contribution in [2.45, 2.75) is 0 Å². The van der Waals surface area contributed by atoms with Gasteiger partial charge in [-0.3, -0.25) is 0 Å². The molecule has 0 N–H and O–H groups in total. The molecule has 2 heteroatoms. The van der Waals surface area contributed by atoms with Crippen molar-refractivity contribution in [2.24, 2.45) is 0 Å². The molecule has 0 saturated carbocycles. The van der Waals surface area contributed by atoms with Gasteiger partial charge >= 0.3 is 0 Å². The second-order valence-corrected chi connectivity index (χ2v) is 3.79. The van der Waals surface area contributed by atoms with E-state index in [1.54, 1.807) is 0 Å². The average Bonchev–Trinajstić information content (AvgIpc) is 2.58. The highest BCUT2D eigenvalue weighted by molar-refractivity contribution is 7.07. The van der Waals surface area contributed by atoms with Gasteiger partial charge in [-0.25, -0.2) is 0 Å². The van der Waals surface area contributed by atoms with Crippen molar-refractivity contribution in [1.82, 2.24) is 4.90 Å². The Morgan fingerprint density at radius 2 is 2.45 bits per heavy atom. The van der Waals surface area contributed by atoms with Crippen LogP contribution in [0.5, 0.6) is 0 Å². The number of thiophene rings is 1. The molecule has 1 aromatic rings. The Morgan fingerprint density at radius 3 is 3.45 bits per heavy atom. The van der Waals surface area contributed by atoms with E-state index in [2.05, 4.69) is 34.8 Å². The summed E-state index contributed by atoms with van der Waals surface area (Å²) in [6.07, 6.45) is 6.56. The van der Waals surface area contributed by atoms with Gasteiger partial charge in [-0.05, 0) is 28.3 Å². The number of nitrogens with zero attached hydrogens (tertiary/aromatic N) is 1. The van der Waals surface area contributed by atoms with Gasteiger partial charge in [-0.2, -0.15) is 0 Å². The van der Waals surface area contributed by atoms with Crippen LogP contribution in [-0.4, -0.2) is 11.4 Å². The Morgan fingerprint density at radius 1 is 1.45 bits per heavy atom. The van der Waals surface area contributed by atoms with Crippen molar-refractivity contribution in [1.29, 1.82) is 0 Å². The molecular formula is C9H7NS. The third-order valence-electron chi connectivity index (χ3n) is 2.14. The highest BCUT2D eigenvalue weighted by Crippen LogP contribution is 2.13. The molecule has 1 aromatic heterocycles. The van der Waals surface area contributed by atoms with Crippen LogP contribution in [0.3, 0.4) is 0 Å². The number of hydrogen-bond acceptors (Lipinski definition) is 2. The van der Waals surface area contributed by atoms with E-state index < -0.39 is 0 Å². The van der Waals surface area contributed by atoms with E-state index >= 15 is 0 Å². The van der Waals surface area contributed by atoms with E-state index in [1.807, 2.05) is 11.3 Å². The number of fused-ring (bicyclic) bond motifs is 3. The topological polar surface area (TPSA) is 3.24 Å². The minimum absolute atomic E-state index is 1.07. The molecule has 2 aliphatic heterocycles. The van der Waals surface area contributed by atoms with Crippen LogP contribution in [0.25, 0.3) is 11.8 Å². The molecule has 0 aliphatic carbocycles. The summed E-state index contributed by atoms with van der Waals surface area (Å²) in [5.41, 5.74) is 1.46. The zero-order valence-corrected chi connectivity index (χ0v) is 6.77. The first kappa shape index (κ1) is 5.61.